The van der Waals surface area contributed by atoms with E-state index in [4.69, 9.17) is 0 Å². The molecular formula is C24H22F3N3O2. The van der Waals surface area contributed by atoms with E-state index in [1.165, 1.54) is 24.3 Å². The molecule has 5 rings (SSSR count). The minimum absolute atomic E-state index is 0.0973. The molecule has 0 radical (unpaired) electrons. The third-order valence-electron chi connectivity index (χ3n) is 6.19. The number of ether oxygens (including phenoxy) is 1. The maximum absolute atomic E-state index is 13.3. The van der Waals surface area contributed by atoms with Gasteiger partial charge in [0, 0.05) is 49.6 Å². The van der Waals surface area contributed by atoms with Gasteiger partial charge in [0.1, 0.15) is 5.75 Å². The number of pyridine rings is 2. The van der Waals surface area contributed by atoms with E-state index in [2.05, 4.69) is 14.6 Å². The quantitative estimate of drug-likeness (QED) is 0.601. The van der Waals surface area contributed by atoms with Crippen molar-refractivity contribution < 1.29 is 17.9 Å². The van der Waals surface area contributed by atoms with Crippen molar-refractivity contribution in [3.63, 3.8) is 0 Å². The molecule has 1 aromatic carbocycles. The fourth-order valence-corrected chi connectivity index (χ4v) is 4.95. The minimum Gasteiger partial charge on any atom is -0.406 e. The van der Waals surface area contributed by atoms with Crippen LogP contribution in [0.5, 0.6) is 5.75 Å². The van der Waals surface area contributed by atoms with Crippen molar-refractivity contribution in [3.05, 3.63) is 82.5 Å². The number of likely N-dealkylation sites (tertiary alicyclic amines) is 1. The molecule has 3 aromatic rings. The van der Waals surface area contributed by atoms with Crippen LogP contribution >= 0.6 is 0 Å². The van der Waals surface area contributed by atoms with Crippen LogP contribution in [0.4, 0.5) is 13.2 Å². The lowest BCUT2D eigenvalue weighted by Crippen LogP contribution is -2.47. The molecule has 2 aliphatic heterocycles. The van der Waals surface area contributed by atoms with Crippen molar-refractivity contribution in [1.82, 2.24) is 14.5 Å². The third-order valence-corrected chi connectivity index (χ3v) is 6.19. The number of aromatic nitrogens is 2. The average Bonchev–Trinajstić information content (AvgIpc) is 2.75. The lowest BCUT2D eigenvalue weighted by Gasteiger charge is -2.42. The van der Waals surface area contributed by atoms with E-state index in [1.807, 2.05) is 28.8 Å². The van der Waals surface area contributed by atoms with Gasteiger partial charge in [-0.25, -0.2) is 0 Å². The Balaban J connectivity index is 1.38. The van der Waals surface area contributed by atoms with E-state index < -0.39 is 6.36 Å². The summed E-state index contributed by atoms with van der Waals surface area (Å²) in [6, 6.07) is 15.1. The van der Waals surface area contributed by atoms with Gasteiger partial charge in [0.15, 0.2) is 0 Å². The first-order valence-electron chi connectivity index (χ1n) is 10.6. The molecule has 1 saturated heterocycles. The van der Waals surface area contributed by atoms with Crippen molar-refractivity contribution in [1.29, 1.82) is 0 Å². The normalized spacial score (nSPS) is 20.6. The summed E-state index contributed by atoms with van der Waals surface area (Å²) in [5.74, 6) is 0.345. The third kappa shape index (κ3) is 4.27. The second-order valence-corrected chi connectivity index (χ2v) is 8.47. The van der Waals surface area contributed by atoms with Crippen LogP contribution in [-0.4, -0.2) is 33.9 Å². The lowest BCUT2D eigenvalue weighted by molar-refractivity contribution is -0.274. The Morgan fingerprint density at radius 3 is 2.53 bits per heavy atom. The molecule has 1 fully saturated rings. The molecule has 4 heterocycles. The number of benzene rings is 1. The maximum Gasteiger partial charge on any atom is 0.573 e. The Morgan fingerprint density at radius 2 is 1.81 bits per heavy atom. The van der Waals surface area contributed by atoms with Crippen molar-refractivity contribution in [2.45, 2.75) is 31.8 Å². The number of hydrogen-bond acceptors (Lipinski definition) is 4. The predicted molar refractivity (Wildman–Crippen MR) is 113 cm³/mol. The molecule has 2 aromatic heterocycles. The Hall–Kier alpha value is -3.13. The first kappa shape index (κ1) is 20.8. The zero-order valence-electron chi connectivity index (χ0n) is 17.3. The van der Waals surface area contributed by atoms with Crippen molar-refractivity contribution in [3.8, 4) is 16.9 Å². The molecule has 2 bridgehead atoms. The van der Waals surface area contributed by atoms with E-state index in [0.29, 0.717) is 23.6 Å². The summed E-state index contributed by atoms with van der Waals surface area (Å²) in [6.07, 6.45) is -1.88. The van der Waals surface area contributed by atoms with Crippen LogP contribution in [0, 0.1) is 5.92 Å². The van der Waals surface area contributed by atoms with E-state index in [1.54, 1.807) is 12.3 Å². The van der Waals surface area contributed by atoms with E-state index in [9.17, 15) is 18.0 Å². The number of fused-ring (bicyclic) bond motifs is 4. The molecule has 0 N–H and O–H groups in total. The van der Waals surface area contributed by atoms with Crippen molar-refractivity contribution >= 4 is 0 Å². The van der Waals surface area contributed by atoms with Crippen molar-refractivity contribution in [2.24, 2.45) is 5.92 Å². The maximum atomic E-state index is 13.3. The number of hydrogen-bond donors (Lipinski definition) is 0. The lowest BCUT2D eigenvalue weighted by atomic mass is 9.82. The second kappa shape index (κ2) is 8.09. The van der Waals surface area contributed by atoms with Gasteiger partial charge in [-0.1, -0.05) is 18.2 Å². The van der Waals surface area contributed by atoms with Crippen LogP contribution < -0.4 is 10.3 Å². The molecular weight excluding hydrogens is 419 g/mol. The van der Waals surface area contributed by atoms with Gasteiger partial charge in [-0.3, -0.25) is 14.7 Å². The Kier molecular flexibility index (Phi) is 5.25. The van der Waals surface area contributed by atoms with Crippen LogP contribution in [0.25, 0.3) is 11.1 Å². The predicted octanol–water partition coefficient (Wildman–Crippen LogP) is 4.43. The van der Waals surface area contributed by atoms with E-state index in [-0.39, 0.29) is 17.2 Å². The van der Waals surface area contributed by atoms with Crippen LogP contribution in [0.15, 0.2) is 65.6 Å². The van der Waals surface area contributed by atoms with Gasteiger partial charge < -0.3 is 9.30 Å². The number of nitrogens with zero attached hydrogens (tertiary/aromatic N) is 3. The van der Waals surface area contributed by atoms with Gasteiger partial charge in [-0.2, -0.15) is 0 Å². The van der Waals surface area contributed by atoms with Crippen LogP contribution in [0.3, 0.4) is 0 Å². The minimum atomic E-state index is -4.74. The van der Waals surface area contributed by atoms with Crippen LogP contribution in [-0.2, 0) is 13.1 Å². The fraction of sp³-hybridized carbons (Fsp3) is 0.333. The van der Waals surface area contributed by atoms with Crippen LogP contribution in [0.1, 0.15) is 23.7 Å². The average molecular weight is 441 g/mol. The molecule has 166 valence electrons. The van der Waals surface area contributed by atoms with Gasteiger partial charge in [-0.15, -0.1) is 13.2 Å². The molecule has 0 amide bonds. The van der Waals surface area contributed by atoms with Gasteiger partial charge in [-0.05, 0) is 54.3 Å². The topological polar surface area (TPSA) is 47.4 Å². The summed E-state index contributed by atoms with van der Waals surface area (Å²) < 4.78 is 43.0. The van der Waals surface area contributed by atoms with E-state index >= 15 is 0 Å². The van der Waals surface area contributed by atoms with Gasteiger partial charge in [0.2, 0.25) is 0 Å². The molecule has 0 saturated carbocycles. The Bertz CT molecular complexity index is 1160. The fourth-order valence-electron chi connectivity index (χ4n) is 4.95. The molecule has 2 aliphatic rings. The first-order valence-corrected chi connectivity index (χ1v) is 10.6. The largest absolute Gasteiger partial charge is 0.573 e. The summed E-state index contributed by atoms with van der Waals surface area (Å²) >= 11 is 0. The SMILES string of the molecule is O=c1c(-c2ccc(OC(F)(F)F)cc2)ccc2n1CC1CC2CN(Cc2ccccn2)C1. The summed E-state index contributed by atoms with van der Waals surface area (Å²) in [5, 5.41) is 0. The summed E-state index contributed by atoms with van der Waals surface area (Å²) in [4.78, 5) is 20.1. The molecule has 0 spiro atoms. The number of rotatable bonds is 4. The van der Waals surface area contributed by atoms with E-state index in [0.717, 1.165) is 37.4 Å². The highest BCUT2D eigenvalue weighted by Gasteiger charge is 2.35. The molecule has 0 aliphatic carbocycles. The second-order valence-electron chi connectivity index (χ2n) is 8.47. The first-order chi connectivity index (χ1) is 15.4. The van der Waals surface area contributed by atoms with Gasteiger partial charge >= 0.3 is 6.36 Å². The highest BCUT2D eigenvalue weighted by Crippen LogP contribution is 2.36. The molecule has 5 nitrogen and oxygen atoms in total. The molecule has 8 heteroatoms. The Morgan fingerprint density at radius 1 is 1.00 bits per heavy atom. The van der Waals surface area contributed by atoms with Gasteiger partial charge in [0.05, 0.1) is 5.69 Å². The Labute approximate surface area is 183 Å². The number of alkyl halides is 3. The standard InChI is InChI=1S/C24H22F3N3O2/c25-24(26,27)32-20-6-4-17(5-7-20)21-8-9-22-18-11-16(13-30(22)23(21)31)12-29(14-18)15-19-3-1-2-10-28-19/h1-10,16,18H,11-15H2. The molecule has 2 atom stereocenters. The van der Waals surface area contributed by atoms with Crippen LogP contribution in [0.2, 0.25) is 0 Å². The molecule has 2 unspecified atom stereocenters. The molecule has 32 heavy (non-hydrogen) atoms. The summed E-state index contributed by atoms with van der Waals surface area (Å²) in [7, 11) is 0. The zero-order chi connectivity index (χ0) is 22.3. The number of piperidine rings is 1. The highest BCUT2D eigenvalue weighted by molar-refractivity contribution is 5.63. The zero-order valence-corrected chi connectivity index (χ0v) is 17.3. The highest BCUT2D eigenvalue weighted by atomic mass is 19.4. The van der Waals surface area contributed by atoms with Gasteiger partial charge in [0.25, 0.3) is 5.56 Å². The monoisotopic (exact) mass is 441 g/mol. The van der Waals surface area contributed by atoms with Crippen molar-refractivity contribution in [2.75, 3.05) is 13.1 Å². The smallest absolute Gasteiger partial charge is 0.406 e. The number of halogens is 3. The summed E-state index contributed by atoms with van der Waals surface area (Å²) in [6.45, 7) is 3.22. The summed E-state index contributed by atoms with van der Waals surface area (Å²) in [5.41, 5.74) is 3.03.